The molecule has 200 valence electrons. The maximum absolute atomic E-state index is 12.7. The van der Waals surface area contributed by atoms with Crippen LogP contribution in [0.25, 0.3) is 0 Å². The molecule has 1 aromatic carbocycles. The van der Waals surface area contributed by atoms with Gasteiger partial charge in [0.1, 0.15) is 17.2 Å². The maximum atomic E-state index is 12.7. The predicted octanol–water partition coefficient (Wildman–Crippen LogP) is 3.42. The molecular formula is C26H29N5O5S2. The van der Waals surface area contributed by atoms with Crippen LogP contribution in [0.15, 0.2) is 52.5 Å². The number of benzene rings is 1. The smallest absolute Gasteiger partial charge is 0.289 e. The SMILES string of the molecule is COc1ccc(C(=O)CCC(=O)N2CCC(c3nc(C(=O)NNC(=S)NCc4ccco4)cs3)CC2)cc1. The van der Waals surface area contributed by atoms with Crippen molar-refractivity contribution in [3.8, 4) is 5.75 Å². The molecule has 12 heteroatoms. The number of hydrogen-bond acceptors (Lipinski definition) is 8. The third kappa shape index (κ3) is 7.39. The summed E-state index contributed by atoms with van der Waals surface area (Å²) in [6, 6.07) is 10.5. The summed E-state index contributed by atoms with van der Waals surface area (Å²) in [4.78, 5) is 43.9. The lowest BCUT2D eigenvalue weighted by Crippen LogP contribution is -2.46. The lowest BCUT2D eigenvalue weighted by atomic mass is 9.97. The molecule has 4 rings (SSSR count). The summed E-state index contributed by atoms with van der Waals surface area (Å²) in [7, 11) is 1.57. The van der Waals surface area contributed by atoms with Crippen molar-refractivity contribution in [2.45, 2.75) is 38.1 Å². The molecule has 0 atom stereocenters. The second kappa shape index (κ2) is 13.2. The Balaban J connectivity index is 1.17. The van der Waals surface area contributed by atoms with Crippen molar-refractivity contribution < 1.29 is 23.5 Å². The number of aromatic nitrogens is 1. The molecule has 1 aliphatic rings. The molecule has 2 amide bonds. The van der Waals surface area contributed by atoms with Gasteiger partial charge >= 0.3 is 0 Å². The number of ether oxygens (including phenoxy) is 1. The van der Waals surface area contributed by atoms with Gasteiger partial charge in [0.25, 0.3) is 5.91 Å². The third-order valence-electron chi connectivity index (χ3n) is 6.22. The number of ketones is 1. The number of amides is 2. The number of methoxy groups -OCH3 is 1. The molecule has 0 radical (unpaired) electrons. The van der Waals surface area contributed by atoms with Crippen molar-refractivity contribution in [1.82, 2.24) is 26.1 Å². The fourth-order valence-corrected chi connectivity index (χ4v) is 5.15. The molecule has 1 saturated heterocycles. The number of thiazole rings is 1. The number of piperidine rings is 1. The quantitative estimate of drug-likeness (QED) is 0.207. The highest BCUT2D eigenvalue weighted by atomic mass is 32.1. The first-order valence-electron chi connectivity index (χ1n) is 12.2. The summed E-state index contributed by atoms with van der Waals surface area (Å²) in [6.45, 7) is 1.59. The predicted molar refractivity (Wildman–Crippen MR) is 146 cm³/mol. The van der Waals surface area contributed by atoms with Crippen LogP contribution in [0.5, 0.6) is 5.75 Å². The van der Waals surface area contributed by atoms with E-state index in [0.29, 0.717) is 36.6 Å². The first-order chi connectivity index (χ1) is 18.4. The van der Waals surface area contributed by atoms with Crippen molar-refractivity contribution in [3.05, 3.63) is 70.1 Å². The molecule has 0 saturated carbocycles. The van der Waals surface area contributed by atoms with E-state index >= 15 is 0 Å². The Morgan fingerprint density at radius 3 is 2.58 bits per heavy atom. The van der Waals surface area contributed by atoms with E-state index in [1.807, 2.05) is 6.07 Å². The van der Waals surface area contributed by atoms with Crippen LogP contribution in [0.4, 0.5) is 0 Å². The molecule has 1 fully saturated rings. The summed E-state index contributed by atoms with van der Waals surface area (Å²) in [5, 5.41) is 5.77. The van der Waals surface area contributed by atoms with E-state index in [0.717, 1.165) is 23.6 Å². The van der Waals surface area contributed by atoms with Crippen molar-refractivity contribution in [1.29, 1.82) is 0 Å². The van der Waals surface area contributed by atoms with E-state index in [4.69, 9.17) is 21.4 Å². The van der Waals surface area contributed by atoms with Gasteiger partial charge in [-0.05, 0) is 61.5 Å². The van der Waals surface area contributed by atoms with Gasteiger partial charge in [-0.3, -0.25) is 25.2 Å². The number of hydrogen-bond donors (Lipinski definition) is 3. The van der Waals surface area contributed by atoms with Gasteiger partial charge in [0.2, 0.25) is 5.91 Å². The highest BCUT2D eigenvalue weighted by Gasteiger charge is 2.26. The minimum absolute atomic E-state index is 0.0211. The number of carbonyl (C=O) groups is 3. The van der Waals surface area contributed by atoms with Gasteiger partial charge in [-0.25, -0.2) is 4.98 Å². The molecule has 38 heavy (non-hydrogen) atoms. The first-order valence-corrected chi connectivity index (χ1v) is 13.5. The normalized spacial score (nSPS) is 13.6. The Bertz CT molecular complexity index is 1250. The van der Waals surface area contributed by atoms with Gasteiger partial charge in [-0.2, -0.15) is 0 Å². The highest BCUT2D eigenvalue weighted by molar-refractivity contribution is 7.80. The number of thiocarbonyl (C=S) groups is 1. The molecule has 3 N–H and O–H groups in total. The third-order valence-corrected chi connectivity index (χ3v) is 7.48. The molecular weight excluding hydrogens is 526 g/mol. The van der Waals surface area contributed by atoms with Crippen molar-refractivity contribution in [3.63, 3.8) is 0 Å². The average Bonchev–Trinajstić information content (AvgIpc) is 3.66. The molecule has 1 aliphatic heterocycles. The molecule has 0 spiro atoms. The van der Waals surface area contributed by atoms with Gasteiger partial charge in [-0.1, -0.05) is 0 Å². The standard InChI is InChI=1S/C26H29N5O5S2/c1-35-19-6-4-17(5-7-19)22(32)8-9-23(33)31-12-10-18(11-13-31)25-28-21(16-38-25)24(34)29-30-26(37)27-15-20-3-2-14-36-20/h2-7,14,16,18H,8-13,15H2,1H3,(H,29,34)(H2,27,30,37). The number of hydrazine groups is 1. The molecule has 0 bridgehead atoms. The fourth-order valence-electron chi connectivity index (χ4n) is 4.06. The lowest BCUT2D eigenvalue weighted by molar-refractivity contribution is -0.132. The van der Waals surface area contributed by atoms with Crippen molar-refractivity contribution in [2.24, 2.45) is 0 Å². The van der Waals surface area contributed by atoms with E-state index in [1.54, 1.807) is 54.0 Å². The molecule has 0 aliphatic carbocycles. The zero-order chi connectivity index (χ0) is 26.9. The Hall–Kier alpha value is -3.77. The number of carbonyl (C=O) groups excluding carboxylic acids is 3. The largest absolute Gasteiger partial charge is 0.497 e. The van der Waals surface area contributed by atoms with E-state index in [9.17, 15) is 14.4 Å². The van der Waals surface area contributed by atoms with Crippen molar-refractivity contribution in [2.75, 3.05) is 20.2 Å². The second-order valence-electron chi connectivity index (χ2n) is 8.72. The monoisotopic (exact) mass is 555 g/mol. The molecule has 10 nitrogen and oxygen atoms in total. The number of nitrogens with one attached hydrogen (secondary N) is 3. The number of rotatable bonds is 9. The fraction of sp³-hybridized carbons (Fsp3) is 0.346. The van der Waals surface area contributed by atoms with E-state index < -0.39 is 0 Å². The van der Waals surface area contributed by atoms with Crippen molar-refractivity contribution >= 4 is 46.3 Å². The summed E-state index contributed by atoms with van der Waals surface area (Å²) in [5.74, 6) is 1.11. The minimum Gasteiger partial charge on any atom is -0.497 e. The summed E-state index contributed by atoms with van der Waals surface area (Å²) in [6.07, 6.45) is 3.44. The number of furan rings is 1. The van der Waals surface area contributed by atoms with Crippen LogP contribution < -0.4 is 20.9 Å². The number of likely N-dealkylation sites (tertiary alicyclic amines) is 1. The van der Waals surface area contributed by atoms with Crippen LogP contribution in [0.1, 0.15) is 63.2 Å². The van der Waals surface area contributed by atoms with Crippen LogP contribution in [-0.4, -0.2) is 52.8 Å². The zero-order valence-electron chi connectivity index (χ0n) is 20.9. The highest BCUT2D eigenvalue weighted by Crippen LogP contribution is 2.30. The van der Waals surface area contributed by atoms with Crippen LogP contribution in [0, 0.1) is 0 Å². The van der Waals surface area contributed by atoms with Gasteiger partial charge in [0, 0.05) is 42.8 Å². The van der Waals surface area contributed by atoms with E-state index in [2.05, 4.69) is 21.2 Å². The maximum Gasteiger partial charge on any atom is 0.289 e. The van der Waals surface area contributed by atoms with Crippen LogP contribution >= 0.6 is 23.6 Å². The molecule has 0 unspecified atom stereocenters. The molecule has 2 aromatic heterocycles. The molecule has 3 aromatic rings. The summed E-state index contributed by atoms with van der Waals surface area (Å²) < 4.78 is 10.3. The Kier molecular flexibility index (Phi) is 9.44. The first kappa shape index (κ1) is 27.3. The number of nitrogens with zero attached hydrogens (tertiary/aromatic N) is 2. The van der Waals surface area contributed by atoms with Crippen LogP contribution in [0.3, 0.4) is 0 Å². The van der Waals surface area contributed by atoms with Crippen LogP contribution in [-0.2, 0) is 11.3 Å². The van der Waals surface area contributed by atoms with E-state index in [1.165, 1.54) is 11.3 Å². The van der Waals surface area contributed by atoms with E-state index in [-0.39, 0.29) is 41.5 Å². The Labute approximate surface area is 229 Å². The minimum atomic E-state index is -0.385. The zero-order valence-corrected chi connectivity index (χ0v) is 22.5. The lowest BCUT2D eigenvalue weighted by Gasteiger charge is -2.31. The average molecular weight is 556 g/mol. The van der Waals surface area contributed by atoms with Gasteiger partial charge in [0.15, 0.2) is 10.9 Å². The van der Waals surface area contributed by atoms with Gasteiger partial charge in [0.05, 0.1) is 24.9 Å². The topological polar surface area (TPSA) is 126 Å². The Morgan fingerprint density at radius 1 is 1.13 bits per heavy atom. The Morgan fingerprint density at radius 2 is 1.89 bits per heavy atom. The molecule has 3 heterocycles. The van der Waals surface area contributed by atoms with Gasteiger partial charge in [-0.15, -0.1) is 11.3 Å². The number of Topliss-reactive ketones (excluding diaryl/α,β-unsaturated/α-hetero) is 1. The van der Waals surface area contributed by atoms with Gasteiger partial charge < -0.3 is 19.4 Å². The summed E-state index contributed by atoms with van der Waals surface area (Å²) in [5.41, 5.74) is 6.08. The van der Waals surface area contributed by atoms with Crippen LogP contribution in [0.2, 0.25) is 0 Å². The second-order valence-corrected chi connectivity index (χ2v) is 10.0. The summed E-state index contributed by atoms with van der Waals surface area (Å²) >= 11 is 6.58.